The SMILES string of the molecule is C1=Nc2cccc(c2)N=Cc2ccccc2OCCCCCOc2ccccc21. The van der Waals surface area contributed by atoms with E-state index in [1.807, 2.05) is 85.2 Å². The van der Waals surface area contributed by atoms with Crippen LogP contribution in [0, 0.1) is 0 Å². The first-order chi connectivity index (χ1) is 14.4. The molecule has 1 heterocycles. The summed E-state index contributed by atoms with van der Waals surface area (Å²) < 4.78 is 12.0. The van der Waals surface area contributed by atoms with Crippen molar-refractivity contribution in [2.45, 2.75) is 19.3 Å². The molecule has 2 bridgehead atoms. The van der Waals surface area contributed by atoms with Crippen molar-refractivity contribution in [1.82, 2.24) is 0 Å². The average Bonchev–Trinajstić information content (AvgIpc) is 2.77. The Balaban J connectivity index is 1.64. The van der Waals surface area contributed by atoms with E-state index in [2.05, 4.69) is 9.98 Å². The van der Waals surface area contributed by atoms with Gasteiger partial charge in [0.1, 0.15) is 11.5 Å². The van der Waals surface area contributed by atoms with E-state index in [1.54, 1.807) is 0 Å². The molecule has 0 aromatic heterocycles. The third kappa shape index (κ3) is 5.32. The Labute approximate surface area is 171 Å². The van der Waals surface area contributed by atoms with Gasteiger partial charge in [0.05, 0.1) is 24.6 Å². The van der Waals surface area contributed by atoms with Crippen LogP contribution >= 0.6 is 0 Å². The van der Waals surface area contributed by atoms with Crippen LogP contribution in [0.2, 0.25) is 0 Å². The van der Waals surface area contributed by atoms with Crippen molar-refractivity contribution >= 4 is 23.8 Å². The topological polar surface area (TPSA) is 43.2 Å². The molecule has 0 saturated heterocycles. The first-order valence-electron chi connectivity index (χ1n) is 10.0. The van der Waals surface area contributed by atoms with E-state index in [4.69, 9.17) is 9.47 Å². The summed E-state index contributed by atoms with van der Waals surface area (Å²) in [7, 11) is 0. The molecule has 1 aliphatic heterocycles. The molecule has 3 aromatic carbocycles. The largest absolute Gasteiger partial charge is 0.493 e. The zero-order valence-corrected chi connectivity index (χ0v) is 16.3. The molecule has 4 heteroatoms. The Morgan fingerprint density at radius 2 is 1.07 bits per heavy atom. The summed E-state index contributed by atoms with van der Waals surface area (Å²) in [6.45, 7) is 1.37. The van der Waals surface area contributed by atoms with Gasteiger partial charge in [-0.1, -0.05) is 30.3 Å². The Bertz CT molecular complexity index is 934. The molecule has 0 radical (unpaired) electrons. The number of ether oxygens (including phenoxy) is 2. The van der Waals surface area contributed by atoms with E-state index >= 15 is 0 Å². The summed E-state index contributed by atoms with van der Waals surface area (Å²) in [5.74, 6) is 1.72. The van der Waals surface area contributed by atoms with Gasteiger partial charge in [0.15, 0.2) is 0 Å². The van der Waals surface area contributed by atoms with E-state index in [0.717, 1.165) is 53.3 Å². The standard InChI is InChI=1S/C25H24N2O2/c1-6-15-28-24-13-4-2-9-20(24)18-26-22-11-8-12-23(17-22)27-19-21-10-3-5-14-25(21)29-16-7-1/h2-5,8-14,17-19H,1,6-7,15-16H2. The van der Waals surface area contributed by atoms with Crippen LogP contribution in [0.25, 0.3) is 0 Å². The van der Waals surface area contributed by atoms with E-state index in [-0.39, 0.29) is 0 Å². The normalized spacial score (nSPS) is 14.5. The van der Waals surface area contributed by atoms with Crippen molar-refractivity contribution in [3.8, 4) is 11.5 Å². The second-order valence-electron chi connectivity index (χ2n) is 6.87. The summed E-state index contributed by atoms with van der Waals surface area (Å²) in [6, 6.07) is 23.8. The average molecular weight is 384 g/mol. The lowest BCUT2D eigenvalue weighted by atomic mass is 10.2. The fraction of sp³-hybridized carbons (Fsp3) is 0.200. The molecule has 0 fully saturated rings. The zero-order valence-electron chi connectivity index (χ0n) is 16.3. The molecule has 0 unspecified atom stereocenters. The van der Waals surface area contributed by atoms with Gasteiger partial charge in [0.2, 0.25) is 0 Å². The third-order valence-electron chi connectivity index (χ3n) is 4.68. The second-order valence-corrected chi connectivity index (χ2v) is 6.87. The molecule has 29 heavy (non-hydrogen) atoms. The Morgan fingerprint density at radius 1 is 0.552 bits per heavy atom. The van der Waals surface area contributed by atoms with Crippen LogP contribution < -0.4 is 9.47 Å². The highest BCUT2D eigenvalue weighted by atomic mass is 16.5. The third-order valence-corrected chi connectivity index (χ3v) is 4.68. The molecule has 0 aliphatic carbocycles. The zero-order chi connectivity index (χ0) is 19.7. The number of aliphatic imine (C=N–C) groups is 2. The lowest BCUT2D eigenvalue weighted by molar-refractivity contribution is 0.279. The van der Waals surface area contributed by atoms with Crippen LogP contribution in [0.1, 0.15) is 30.4 Å². The maximum Gasteiger partial charge on any atom is 0.128 e. The quantitative estimate of drug-likeness (QED) is 0.468. The minimum absolute atomic E-state index is 0.684. The number of nitrogens with zero attached hydrogens (tertiary/aromatic N) is 2. The maximum absolute atomic E-state index is 5.99. The summed E-state index contributed by atoms with van der Waals surface area (Å²) in [5.41, 5.74) is 3.64. The minimum atomic E-state index is 0.684. The Morgan fingerprint density at radius 3 is 1.62 bits per heavy atom. The summed E-state index contributed by atoms with van der Waals surface area (Å²) in [4.78, 5) is 9.24. The molecule has 3 aromatic rings. The van der Waals surface area contributed by atoms with E-state index < -0.39 is 0 Å². The molecule has 4 nitrogen and oxygen atoms in total. The van der Waals surface area contributed by atoms with E-state index in [9.17, 15) is 0 Å². The van der Waals surface area contributed by atoms with Crippen molar-refractivity contribution in [1.29, 1.82) is 0 Å². The van der Waals surface area contributed by atoms with Crippen molar-refractivity contribution in [2.24, 2.45) is 9.98 Å². The molecule has 1 aliphatic rings. The smallest absolute Gasteiger partial charge is 0.128 e. The first-order valence-corrected chi connectivity index (χ1v) is 10.0. The van der Waals surface area contributed by atoms with Crippen LogP contribution in [0.3, 0.4) is 0 Å². The lowest BCUT2D eigenvalue weighted by Crippen LogP contribution is -2.03. The number of hydrogen-bond donors (Lipinski definition) is 0. The minimum Gasteiger partial charge on any atom is -0.493 e. The molecule has 146 valence electrons. The molecular formula is C25H24N2O2. The van der Waals surface area contributed by atoms with Gasteiger partial charge in [-0.2, -0.15) is 0 Å². The highest BCUT2D eigenvalue weighted by Gasteiger charge is 2.03. The van der Waals surface area contributed by atoms with Crippen LogP contribution in [-0.2, 0) is 0 Å². The maximum atomic E-state index is 5.99. The van der Waals surface area contributed by atoms with Crippen molar-refractivity contribution in [3.63, 3.8) is 0 Å². The number of benzene rings is 3. The van der Waals surface area contributed by atoms with Crippen LogP contribution in [-0.4, -0.2) is 25.6 Å². The van der Waals surface area contributed by atoms with Gasteiger partial charge in [0.25, 0.3) is 0 Å². The van der Waals surface area contributed by atoms with Gasteiger partial charge in [0, 0.05) is 23.6 Å². The predicted octanol–water partition coefficient (Wildman–Crippen LogP) is 6.13. The molecule has 0 amide bonds. The summed E-state index contributed by atoms with van der Waals surface area (Å²) in [5, 5.41) is 0. The lowest BCUT2D eigenvalue weighted by Gasteiger charge is -2.11. The van der Waals surface area contributed by atoms with E-state index in [0.29, 0.717) is 13.2 Å². The van der Waals surface area contributed by atoms with E-state index in [1.165, 1.54) is 0 Å². The molecule has 4 rings (SSSR count). The van der Waals surface area contributed by atoms with Gasteiger partial charge in [-0.3, -0.25) is 9.98 Å². The van der Waals surface area contributed by atoms with Gasteiger partial charge < -0.3 is 9.47 Å². The highest BCUT2D eigenvalue weighted by Crippen LogP contribution is 2.24. The van der Waals surface area contributed by atoms with Gasteiger partial charge >= 0.3 is 0 Å². The van der Waals surface area contributed by atoms with Crippen LogP contribution in [0.4, 0.5) is 11.4 Å². The molecule has 0 spiro atoms. The molecule has 0 N–H and O–H groups in total. The Kier molecular flexibility index (Phi) is 6.33. The van der Waals surface area contributed by atoms with Gasteiger partial charge in [-0.25, -0.2) is 0 Å². The monoisotopic (exact) mass is 384 g/mol. The van der Waals surface area contributed by atoms with Crippen molar-refractivity contribution in [3.05, 3.63) is 83.9 Å². The molecular weight excluding hydrogens is 360 g/mol. The number of para-hydroxylation sites is 2. The Hall–Kier alpha value is -3.40. The fourth-order valence-electron chi connectivity index (χ4n) is 3.12. The summed E-state index contributed by atoms with van der Waals surface area (Å²) in [6.07, 6.45) is 6.73. The van der Waals surface area contributed by atoms with Crippen LogP contribution in [0.15, 0.2) is 82.8 Å². The van der Waals surface area contributed by atoms with Crippen molar-refractivity contribution in [2.75, 3.05) is 13.2 Å². The van der Waals surface area contributed by atoms with Gasteiger partial charge in [-0.15, -0.1) is 0 Å². The predicted molar refractivity (Wildman–Crippen MR) is 119 cm³/mol. The van der Waals surface area contributed by atoms with Crippen molar-refractivity contribution < 1.29 is 9.47 Å². The number of fused-ring (bicyclic) bond motifs is 4. The number of rotatable bonds is 0. The fourth-order valence-corrected chi connectivity index (χ4v) is 3.12. The van der Waals surface area contributed by atoms with Crippen LogP contribution in [0.5, 0.6) is 11.5 Å². The number of hydrogen-bond acceptors (Lipinski definition) is 4. The molecule has 0 atom stereocenters. The first kappa shape index (κ1) is 18.9. The highest BCUT2D eigenvalue weighted by molar-refractivity contribution is 5.87. The summed E-state index contributed by atoms with van der Waals surface area (Å²) >= 11 is 0. The van der Waals surface area contributed by atoms with Gasteiger partial charge in [-0.05, 0) is 61.7 Å². The second kappa shape index (κ2) is 9.69. The molecule has 0 saturated carbocycles.